The van der Waals surface area contributed by atoms with E-state index in [-0.39, 0.29) is 29.0 Å². The Morgan fingerprint density at radius 2 is 2.11 bits per heavy atom. The summed E-state index contributed by atoms with van der Waals surface area (Å²) < 4.78 is 0. The highest BCUT2D eigenvalue weighted by Crippen LogP contribution is 2.28. The summed E-state index contributed by atoms with van der Waals surface area (Å²) >= 11 is 0. The van der Waals surface area contributed by atoms with Gasteiger partial charge in [-0.2, -0.15) is 0 Å². The maximum Gasteiger partial charge on any atom is 0.261 e. The molecule has 1 fully saturated rings. The molecular weight excluding hydrogens is 244 g/mol. The zero-order chi connectivity index (χ0) is 13.8. The zero-order valence-corrected chi connectivity index (χ0v) is 11.1. The minimum atomic E-state index is -0.313. The van der Waals surface area contributed by atoms with Gasteiger partial charge in [-0.25, -0.2) is 0 Å². The molecule has 1 amide bonds. The first-order valence-electron chi connectivity index (χ1n) is 6.67. The van der Waals surface area contributed by atoms with E-state index in [2.05, 4.69) is 5.32 Å². The summed E-state index contributed by atoms with van der Waals surface area (Å²) in [6, 6.07) is 4.46. The first-order chi connectivity index (χ1) is 9.15. The molecule has 0 saturated carbocycles. The molecule has 5 heteroatoms. The summed E-state index contributed by atoms with van der Waals surface area (Å²) in [4.78, 5) is 14.2. The molecule has 0 radical (unpaired) electrons. The van der Waals surface area contributed by atoms with Gasteiger partial charge in [-0.1, -0.05) is 6.07 Å². The number of carbonyl (C=O) groups is 1. The molecule has 0 aromatic heterocycles. The Hall–Kier alpha value is -1.75. The summed E-state index contributed by atoms with van der Waals surface area (Å²) in [5.41, 5.74) is -0.00470. The fourth-order valence-corrected chi connectivity index (χ4v) is 2.56. The molecule has 0 aliphatic carbocycles. The maximum absolute atomic E-state index is 12.5. The average molecular weight is 264 g/mol. The van der Waals surface area contributed by atoms with E-state index in [1.54, 1.807) is 4.90 Å². The number of likely N-dealkylation sites (N-methyl/N-ethyl adjacent to an activating group) is 1. The van der Waals surface area contributed by atoms with Crippen LogP contribution in [0.2, 0.25) is 0 Å². The Bertz CT molecular complexity index is 436. The normalized spacial score (nSPS) is 19.1. The van der Waals surface area contributed by atoms with E-state index in [1.165, 1.54) is 18.2 Å². The van der Waals surface area contributed by atoms with Crippen LogP contribution in [0, 0.1) is 0 Å². The van der Waals surface area contributed by atoms with Crippen LogP contribution < -0.4 is 5.32 Å². The number of nitrogens with zero attached hydrogens (tertiary/aromatic N) is 1. The van der Waals surface area contributed by atoms with Crippen molar-refractivity contribution >= 4 is 5.91 Å². The Labute approximate surface area is 112 Å². The van der Waals surface area contributed by atoms with Crippen molar-refractivity contribution in [2.24, 2.45) is 0 Å². The molecular formula is C14H20N2O3. The quantitative estimate of drug-likeness (QED) is 0.769. The number of carbonyl (C=O) groups excluding carboxylic acids is 1. The van der Waals surface area contributed by atoms with Gasteiger partial charge in [0, 0.05) is 19.1 Å². The fraction of sp³-hybridized carbons (Fsp3) is 0.500. The number of rotatable bonds is 3. The van der Waals surface area contributed by atoms with Crippen molar-refractivity contribution in [1.29, 1.82) is 0 Å². The van der Waals surface area contributed by atoms with Gasteiger partial charge in [-0.3, -0.25) is 4.79 Å². The third-order valence-corrected chi connectivity index (χ3v) is 3.55. The molecule has 0 spiro atoms. The highest BCUT2D eigenvalue weighted by Gasteiger charge is 2.28. The van der Waals surface area contributed by atoms with E-state index >= 15 is 0 Å². The van der Waals surface area contributed by atoms with Crippen LogP contribution in [0.3, 0.4) is 0 Å². The van der Waals surface area contributed by atoms with Crippen molar-refractivity contribution in [2.75, 3.05) is 19.6 Å². The Morgan fingerprint density at radius 1 is 1.42 bits per heavy atom. The second-order valence-electron chi connectivity index (χ2n) is 4.76. The molecule has 104 valence electrons. The van der Waals surface area contributed by atoms with Crippen molar-refractivity contribution in [3.63, 3.8) is 0 Å². The first kappa shape index (κ1) is 13.7. The van der Waals surface area contributed by atoms with Gasteiger partial charge in [0.05, 0.1) is 0 Å². The first-order valence-corrected chi connectivity index (χ1v) is 6.67. The third-order valence-electron chi connectivity index (χ3n) is 3.55. The molecule has 1 unspecified atom stereocenters. The second-order valence-corrected chi connectivity index (χ2v) is 4.76. The van der Waals surface area contributed by atoms with Gasteiger partial charge in [0.1, 0.15) is 17.1 Å². The van der Waals surface area contributed by atoms with Crippen molar-refractivity contribution in [1.82, 2.24) is 10.2 Å². The van der Waals surface area contributed by atoms with E-state index in [9.17, 15) is 15.0 Å². The summed E-state index contributed by atoms with van der Waals surface area (Å²) in [7, 11) is 0. The number of phenolic OH excluding ortho intramolecular Hbond substituents is 2. The van der Waals surface area contributed by atoms with Crippen LogP contribution in [0.4, 0.5) is 0 Å². The SMILES string of the molecule is CCN(C(=O)c1c(O)cccc1O)C1CCCNC1. The Morgan fingerprint density at radius 3 is 2.63 bits per heavy atom. The third kappa shape index (κ3) is 2.81. The topological polar surface area (TPSA) is 72.8 Å². The smallest absolute Gasteiger partial charge is 0.261 e. The predicted octanol–water partition coefficient (Wildman–Crippen LogP) is 1.31. The van der Waals surface area contributed by atoms with Crippen molar-refractivity contribution < 1.29 is 15.0 Å². The number of amides is 1. The van der Waals surface area contributed by atoms with E-state index in [1.807, 2.05) is 6.92 Å². The van der Waals surface area contributed by atoms with Gasteiger partial charge in [0.15, 0.2) is 0 Å². The van der Waals surface area contributed by atoms with Gasteiger partial charge in [-0.15, -0.1) is 0 Å². The van der Waals surface area contributed by atoms with Crippen LogP contribution in [0.25, 0.3) is 0 Å². The van der Waals surface area contributed by atoms with Gasteiger partial charge in [-0.05, 0) is 38.4 Å². The number of nitrogens with one attached hydrogen (secondary N) is 1. The highest BCUT2D eigenvalue weighted by molar-refractivity contribution is 5.99. The molecule has 0 bridgehead atoms. The van der Waals surface area contributed by atoms with Crippen LogP contribution in [0.5, 0.6) is 11.5 Å². The van der Waals surface area contributed by atoms with Crippen molar-refractivity contribution in [3.05, 3.63) is 23.8 Å². The maximum atomic E-state index is 12.5. The van der Waals surface area contributed by atoms with E-state index in [0.717, 1.165) is 25.9 Å². The van der Waals surface area contributed by atoms with Crippen LogP contribution in [0.15, 0.2) is 18.2 Å². The number of hydrogen-bond acceptors (Lipinski definition) is 4. The molecule has 19 heavy (non-hydrogen) atoms. The number of hydrogen-bond donors (Lipinski definition) is 3. The summed E-state index contributed by atoms with van der Waals surface area (Å²) in [5.74, 6) is -0.661. The molecule has 3 N–H and O–H groups in total. The van der Waals surface area contributed by atoms with Gasteiger partial charge in [0.2, 0.25) is 0 Å². The Kier molecular flexibility index (Phi) is 4.27. The minimum Gasteiger partial charge on any atom is -0.507 e. The molecule has 1 atom stereocenters. The standard InChI is InChI=1S/C14H20N2O3/c1-2-16(10-5-4-8-15-9-10)14(19)13-11(17)6-3-7-12(13)18/h3,6-7,10,15,17-18H,2,4-5,8-9H2,1H3. The average Bonchev–Trinajstić information content (AvgIpc) is 2.40. The molecule has 1 aromatic carbocycles. The molecule has 1 aliphatic rings. The molecule has 5 nitrogen and oxygen atoms in total. The lowest BCUT2D eigenvalue weighted by Crippen LogP contribution is -2.48. The van der Waals surface area contributed by atoms with Gasteiger partial charge >= 0.3 is 0 Å². The zero-order valence-electron chi connectivity index (χ0n) is 11.1. The lowest BCUT2D eigenvalue weighted by molar-refractivity contribution is 0.0656. The number of phenols is 2. The van der Waals surface area contributed by atoms with Crippen molar-refractivity contribution in [2.45, 2.75) is 25.8 Å². The van der Waals surface area contributed by atoms with Gasteiger partial charge < -0.3 is 20.4 Å². The van der Waals surface area contributed by atoms with E-state index in [0.29, 0.717) is 6.54 Å². The lowest BCUT2D eigenvalue weighted by atomic mass is 10.0. The van der Waals surface area contributed by atoms with Crippen LogP contribution in [0.1, 0.15) is 30.1 Å². The monoisotopic (exact) mass is 264 g/mol. The minimum absolute atomic E-state index is 0.00470. The molecule has 1 aromatic rings. The second kappa shape index (κ2) is 5.93. The van der Waals surface area contributed by atoms with Crippen molar-refractivity contribution in [3.8, 4) is 11.5 Å². The predicted molar refractivity (Wildman–Crippen MR) is 72.4 cm³/mol. The summed E-state index contributed by atoms with van der Waals surface area (Å²) in [6.07, 6.45) is 1.97. The fourth-order valence-electron chi connectivity index (χ4n) is 2.56. The lowest BCUT2D eigenvalue weighted by Gasteiger charge is -2.34. The molecule has 2 rings (SSSR count). The van der Waals surface area contributed by atoms with Crippen LogP contribution in [-0.2, 0) is 0 Å². The number of aromatic hydroxyl groups is 2. The largest absolute Gasteiger partial charge is 0.507 e. The summed E-state index contributed by atoms with van der Waals surface area (Å²) in [5, 5.41) is 22.8. The highest BCUT2D eigenvalue weighted by atomic mass is 16.3. The van der Waals surface area contributed by atoms with E-state index in [4.69, 9.17) is 0 Å². The summed E-state index contributed by atoms with van der Waals surface area (Å²) in [6.45, 7) is 4.19. The Balaban J connectivity index is 2.25. The molecule has 1 aliphatic heterocycles. The number of benzene rings is 1. The molecule has 1 saturated heterocycles. The number of piperidine rings is 1. The van der Waals surface area contributed by atoms with Crippen LogP contribution in [-0.4, -0.2) is 46.7 Å². The van der Waals surface area contributed by atoms with Gasteiger partial charge in [0.25, 0.3) is 5.91 Å². The molecule has 1 heterocycles. The van der Waals surface area contributed by atoms with Crippen LogP contribution >= 0.6 is 0 Å². The van der Waals surface area contributed by atoms with E-state index < -0.39 is 0 Å².